The zero-order chi connectivity index (χ0) is 10.3. The first-order valence-corrected chi connectivity index (χ1v) is 9.74. The fourth-order valence-corrected chi connectivity index (χ4v) is 0.666. The second-order valence-corrected chi connectivity index (χ2v) is 9.69. The Kier molecular flexibility index (Phi) is 8.02. The first kappa shape index (κ1) is 13.4. The Morgan fingerprint density at radius 3 is 2.00 bits per heavy atom. The average molecular weight is 277 g/mol. The van der Waals surface area contributed by atoms with Gasteiger partial charge in [-0.2, -0.15) is 0 Å². The number of anilines is 1. The van der Waals surface area contributed by atoms with Gasteiger partial charge in [0.15, 0.2) is 0 Å². The fourth-order valence-electron chi connectivity index (χ4n) is 0.666. The molecular weight excluding hydrogens is 268 g/mol. The van der Waals surface area contributed by atoms with Crippen LogP contribution in [0.1, 0.15) is 0 Å². The van der Waals surface area contributed by atoms with E-state index in [0.29, 0.717) is 5.69 Å². The van der Waals surface area contributed by atoms with Crippen LogP contribution < -0.4 is 10.5 Å². The van der Waals surface area contributed by atoms with Crippen molar-refractivity contribution < 1.29 is 19.4 Å². The summed E-state index contributed by atoms with van der Waals surface area (Å²) in [4.78, 5) is 0. The molecule has 0 saturated heterocycles. The number of nitrogen functional groups attached to an aromatic ring is 1. The zero-order valence-corrected chi connectivity index (χ0v) is 10.8. The van der Waals surface area contributed by atoms with Gasteiger partial charge in [0.1, 0.15) is 5.75 Å². The van der Waals surface area contributed by atoms with Crippen molar-refractivity contribution in [2.45, 2.75) is 0 Å². The summed E-state index contributed by atoms with van der Waals surface area (Å²) in [6.07, 6.45) is 0. The van der Waals surface area contributed by atoms with Crippen molar-refractivity contribution in [1.29, 1.82) is 0 Å². The monoisotopic (exact) mass is 276 g/mol. The predicted octanol–water partition coefficient (Wildman–Crippen LogP) is 3.34. The molecular formula is C7H9Cl3NOTi. The van der Waals surface area contributed by atoms with Gasteiger partial charge in [-0.05, 0) is 12.1 Å². The van der Waals surface area contributed by atoms with Crippen LogP contribution in [0.15, 0.2) is 24.3 Å². The summed E-state index contributed by atoms with van der Waals surface area (Å²) in [6.45, 7) is 0. The third-order valence-electron chi connectivity index (χ3n) is 1.14. The molecule has 0 spiro atoms. The van der Waals surface area contributed by atoms with Crippen LogP contribution in [0.2, 0.25) is 0 Å². The molecule has 0 aliphatic heterocycles. The van der Waals surface area contributed by atoms with Crippen molar-refractivity contribution >= 4 is 33.6 Å². The molecule has 73 valence electrons. The summed E-state index contributed by atoms with van der Waals surface area (Å²) in [5.41, 5.74) is 6.19. The Labute approximate surface area is 95.4 Å². The van der Waals surface area contributed by atoms with Gasteiger partial charge in [0.2, 0.25) is 0 Å². The quantitative estimate of drug-likeness (QED) is 0.631. The number of halogens is 3. The van der Waals surface area contributed by atoms with Gasteiger partial charge in [-0.15, -0.1) is 0 Å². The van der Waals surface area contributed by atoms with Gasteiger partial charge >= 0.3 is 42.6 Å². The number of hydrogen-bond donors (Lipinski definition) is 1. The number of benzene rings is 1. The molecule has 1 aromatic carbocycles. The SMILES string of the molecule is COc1ccccc1N.[Cl][Ti]([Cl])[Cl]. The molecule has 0 aliphatic carbocycles. The molecule has 0 heterocycles. The standard InChI is InChI=1S/C7H9NO.3ClH.Ti/c1-9-7-5-3-2-4-6(7)8;;;;/h2-5H,8H2,1H3;3*1H;/q;;;;+3/p-3. The number of methoxy groups -OCH3 is 1. The summed E-state index contributed by atoms with van der Waals surface area (Å²) in [5, 5.41) is 0. The Morgan fingerprint density at radius 1 is 1.23 bits per heavy atom. The molecule has 13 heavy (non-hydrogen) atoms. The van der Waals surface area contributed by atoms with Crippen LogP contribution in [0.3, 0.4) is 0 Å². The van der Waals surface area contributed by atoms with E-state index in [1.165, 1.54) is 0 Å². The van der Waals surface area contributed by atoms with E-state index < -0.39 is 14.7 Å². The van der Waals surface area contributed by atoms with Gasteiger partial charge in [-0.3, -0.25) is 0 Å². The van der Waals surface area contributed by atoms with E-state index in [1.54, 1.807) is 13.2 Å². The van der Waals surface area contributed by atoms with E-state index in [-0.39, 0.29) is 0 Å². The van der Waals surface area contributed by atoms with Crippen molar-refractivity contribution in [3.05, 3.63) is 24.3 Å². The second-order valence-electron chi connectivity index (χ2n) is 1.96. The maximum absolute atomic E-state index is 5.51. The van der Waals surface area contributed by atoms with Crippen molar-refractivity contribution in [3.63, 3.8) is 0 Å². The molecule has 0 radical (unpaired) electrons. The second kappa shape index (κ2) is 7.78. The molecule has 1 aromatic rings. The van der Waals surface area contributed by atoms with E-state index in [2.05, 4.69) is 0 Å². The van der Waals surface area contributed by atoms with Crippen LogP contribution in [0.4, 0.5) is 5.69 Å². The Balaban J connectivity index is 0.000000310. The molecule has 0 saturated carbocycles. The molecule has 0 unspecified atom stereocenters. The van der Waals surface area contributed by atoms with Gasteiger partial charge < -0.3 is 10.5 Å². The third kappa shape index (κ3) is 7.47. The van der Waals surface area contributed by atoms with Gasteiger partial charge in [-0.1, -0.05) is 12.1 Å². The Bertz CT molecular complexity index is 244. The zero-order valence-electron chi connectivity index (χ0n) is 6.93. The summed E-state index contributed by atoms with van der Waals surface area (Å²) in [6, 6.07) is 7.39. The van der Waals surface area contributed by atoms with Crippen LogP contribution >= 0.6 is 27.9 Å². The van der Waals surface area contributed by atoms with E-state index >= 15 is 0 Å². The van der Waals surface area contributed by atoms with E-state index in [1.807, 2.05) is 18.2 Å². The van der Waals surface area contributed by atoms with Crippen LogP contribution in [-0.4, -0.2) is 7.11 Å². The van der Waals surface area contributed by atoms with E-state index in [9.17, 15) is 0 Å². The average Bonchev–Trinajstić information content (AvgIpc) is 2.04. The van der Waals surface area contributed by atoms with Crippen molar-refractivity contribution in [2.24, 2.45) is 0 Å². The molecule has 0 bridgehead atoms. The first-order valence-electron chi connectivity index (χ1n) is 3.30. The van der Waals surface area contributed by atoms with Crippen molar-refractivity contribution in [2.75, 3.05) is 12.8 Å². The molecule has 0 fully saturated rings. The predicted molar refractivity (Wildman–Crippen MR) is 55.0 cm³/mol. The summed E-state index contributed by atoms with van der Waals surface area (Å²) < 4.78 is 4.92. The number of ether oxygens (including phenoxy) is 1. The molecule has 2 N–H and O–H groups in total. The minimum atomic E-state index is -1.92. The first-order chi connectivity index (χ1) is 6.07. The molecule has 6 heteroatoms. The summed E-state index contributed by atoms with van der Waals surface area (Å²) in [5.74, 6) is 0.734. The molecule has 0 aliphatic rings. The maximum atomic E-state index is 5.51. The number of hydrogen-bond acceptors (Lipinski definition) is 2. The van der Waals surface area contributed by atoms with Crippen LogP contribution in [-0.2, 0) is 14.7 Å². The van der Waals surface area contributed by atoms with Gasteiger partial charge in [-0.25, -0.2) is 0 Å². The summed E-state index contributed by atoms with van der Waals surface area (Å²) in [7, 11) is 16.5. The normalized spacial score (nSPS) is 8.31. The summed E-state index contributed by atoms with van der Waals surface area (Å²) >= 11 is -1.92. The molecule has 0 aromatic heterocycles. The number of para-hydroxylation sites is 2. The third-order valence-corrected chi connectivity index (χ3v) is 1.14. The van der Waals surface area contributed by atoms with Gasteiger partial charge in [0, 0.05) is 0 Å². The van der Waals surface area contributed by atoms with Gasteiger partial charge in [0.25, 0.3) is 0 Å². The van der Waals surface area contributed by atoms with Crippen LogP contribution in [0.5, 0.6) is 5.75 Å². The molecule has 0 atom stereocenters. The Morgan fingerprint density at radius 2 is 1.69 bits per heavy atom. The minimum absolute atomic E-state index is 0.681. The Hall–Kier alpha value is 0.404. The molecule has 1 rings (SSSR count). The number of nitrogens with two attached hydrogens (primary N) is 1. The molecule has 2 nitrogen and oxygen atoms in total. The van der Waals surface area contributed by atoms with Crippen LogP contribution in [0.25, 0.3) is 0 Å². The van der Waals surface area contributed by atoms with Crippen molar-refractivity contribution in [1.82, 2.24) is 0 Å². The topological polar surface area (TPSA) is 35.2 Å². The molecule has 0 amide bonds. The van der Waals surface area contributed by atoms with E-state index in [4.69, 9.17) is 38.4 Å². The van der Waals surface area contributed by atoms with Gasteiger partial charge in [0.05, 0.1) is 12.8 Å². The number of rotatable bonds is 1. The van der Waals surface area contributed by atoms with E-state index in [0.717, 1.165) is 5.75 Å². The fraction of sp³-hybridized carbons (Fsp3) is 0.143. The van der Waals surface area contributed by atoms with Crippen LogP contribution in [0, 0.1) is 0 Å². The van der Waals surface area contributed by atoms with Crippen molar-refractivity contribution in [3.8, 4) is 5.75 Å².